The zero-order chi connectivity index (χ0) is 10.7. The zero-order valence-electron chi connectivity index (χ0n) is 8.28. The number of halogens is 1. The van der Waals surface area contributed by atoms with Crippen molar-refractivity contribution in [3.05, 3.63) is 22.7 Å². The highest BCUT2D eigenvalue weighted by molar-refractivity contribution is 9.10. The summed E-state index contributed by atoms with van der Waals surface area (Å²) in [5.74, 6) is 0.929. The van der Waals surface area contributed by atoms with Crippen molar-refractivity contribution in [2.45, 2.75) is 25.6 Å². The fourth-order valence-corrected chi connectivity index (χ4v) is 1.87. The van der Waals surface area contributed by atoms with Crippen molar-refractivity contribution in [1.82, 2.24) is 0 Å². The summed E-state index contributed by atoms with van der Waals surface area (Å²) >= 11 is 3.24. The lowest BCUT2D eigenvalue weighted by Crippen LogP contribution is -2.24. The molecule has 2 rings (SSSR count). The van der Waals surface area contributed by atoms with Crippen LogP contribution < -0.4 is 4.74 Å². The smallest absolute Gasteiger partial charge is 0.199 e. The Kier molecular flexibility index (Phi) is 3.49. The van der Waals surface area contributed by atoms with E-state index in [0.29, 0.717) is 10.2 Å². The van der Waals surface area contributed by atoms with Gasteiger partial charge in [0.15, 0.2) is 6.29 Å². The van der Waals surface area contributed by atoms with Gasteiger partial charge in [-0.05, 0) is 47.0 Å². The number of hydrogen-bond acceptors (Lipinski definition) is 3. The summed E-state index contributed by atoms with van der Waals surface area (Å²) in [6.45, 7) is 0.768. The minimum absolute atomic E-state index is 0.143. The van der Waals surface area contributed by atoms with Gasteiger partial charge in [-0.1, -0.05) is 0 Å². The predicted molar refractivity (Wildman–Crippen MR) is 60.0 cm³/mol. The molecule has 0 saturated carbocycles. The van der Waals surface area contributed by atoms with Gasteiger partial charge in [0.1, 0.15) is 11.5 Å². The molecule has 82 valence electrons. The Hall–Kier alpha value is -0.740. The molecule has 1 aliphatic rings. The van der Waals surface area contributed by atoms with E-state index in [1.165, 1.54) is 0 Å². The number of ether oxygens (including phenoxy) is 2. The summed E-state index contributed by atoms with van der Waals surface area (Å²) in [5, 5.41) is 9.32. The lowest BCUT2D eigenvalue weighted by molar-refractivity contribution is -0.105. The second kappa shape index (κ2) is 4.86. The van der Waals surface area contributed by atoms with Gasteiger partial charge in [0.05, 0.1) is 11.1 Å². The highest BCUT2D eigenvalue weighted by atomic mass is 79.9. The molecule has 1 aliphatic heterocycles. The molecule has 0 amide bonds. The summed E-state index contributed by atoms with van der Waals surface area (Å²) in [6.07, 6.45) is 3.04. The van der Waals surface area contributed by atoms with Crippen molar-refractivity contribution < 1.29 is 14.6 Å². The lowest BCUT2D eigenvalue weighted by atomic mass is 10.2. The van der Waals surface area contributed by atoms with E-state index in [9.17, 15) is 5.11 Å². The van der Waals surface area contributed by atoms with Crippen LogP contribution in [0.4, 0.5) is 0 Å². The molecule has 15 heavy (non-hydrogen) atoms. The average Bonchev–Trinajstić information content (AvgIpc) is 2.25. The van der Waals surface area contributed by atoms with E-state index in [1.54, 1.807) is 18.2 Å². The molecule has 0 radical (unpaired) electrons. The quantitative estimate of drug-likeness (QED) is 0.900. The van der Waals surface area contributed by atoms with E-state index in [1.807, 2.05) is 0 Å². The van der Waals surface area contributed by atoms with Crippen LogP contribution in [-0.2, 0) is 4.74 Å². The van der Waals surface area contributed by atoms with Crippen LogP contribution in [0.2, 0.25) is 0 Å². The fourth-order valence-electron chi connectivity index (χ4n) is 1.52. The van der Waals surface area contributed by atoms with Crippen molar-refractivity contribution in [3.63, 3.8) is 0 Å². The average molecular weight is 273 g/mol. The summed E-state index contributed by atoms with van der Waals surface area (Å²) in [7, 11) is 0. The Morgan fingerprint density at radius 2 is 2.27 bits per heavy atom. The molecular formula is C11H13BrO3. The summed E-state index contributed by atoms with van der Waals surface area (Å²) < 4.78 is 11.7. The maximum Gasteiger partial charge on any atom is 0.199 e. The molecule has 4 heteroatoms. The van der Waals surface area contributed by atoms with Gasteiger partial charge in [-0.15, -0.1) is 0 Å². The van der Waals surface area contributed by atoms with Gasteiger partial charge in [0, 0.05) is 6.42 Å². The standard InChI is InChI=1S/C11H13BrO3/c12-9-7-8(4-5-10(9)13)15-11-3-1-2-6-14-11/h4-5,7,11,13H,1-3,6H2. The summed E-state index contributed by atoms with van der Waals surface area (Å²) in [5.41, 5.74) is 0. The van der Waals surface area contributed by atoms with Gasteiger partial charge in [-0.2, -0.15) is 0 Å². The molecule has 1 atom stereocenters. The second-order valence-electron chi connectivity index (χ2n) is 3.53. The van der Waals surface area contributed by atoms with Crippen LogP contribution in [0.3, 0.4) is 0 Å². The molecule has 1 fully saturated rings. The topological polar surface area (TPSA) is 38.7 Å². The van der Waals surface area contributed by atoms with E-state index in [2.05, 4.69) is 15.9 Å². The van der Waals surface area contributed by atoms with Gasteiger partial charge >= 0.3 is 0 Å². The SMILES string of the molecule is Oc1ccc(OC2CCCCO2)cc1Br. The van der Waals surface area contributed by atoms with Gasteiger partial charge in [0.25, 0.3) is 0 Å². The molecular weight excluding hydrogens is 260 g/mol. The number of hydrogen-bond donors (Lipinski definition) is 1. The van der Waals surface area contributed by atoms with E-state index in [-0.39, 0.29) is 12.0 Å². The van der Waals surface area contributed by atoms with E-state index in [4.69, 9.17) is 9.47 Å². The van der Waals surface area contributed by atoms with E-state index < -0.39 is 0 Å². The number of aromatic hydroxyl groups is 1. The van der Waals surface area contributed by atoms with Crippen molar-refractivity contribution in [3.8, 4) is 11.5 Å². The zero-order valence-corrected chi connectivity index (χ0v) is 9.87. The number of benzene rings is 1. The van der Waals surface area contributed by atoms with Gasteiger partial charge in [-0.3, -0.25) is 0 Å². The Balaban J connectivity index is 2.00. The third-order valence-corrected chi connectivity index (χ3v) is 2.96. The third-order valence-electron chi connectivity index (χ3n) is 2.32. The molecule has 1 saturated heterocycles. The van der Waals surface area contributed by atoms with Crippen molar-refractivity contribution >= 4 is 15.9 Å². The molecule has 0 aromatic heterocycles. The van der Waals surface area contributed by atoms with E-state index >= 15 is 0 Å². The largest absolute Gasteiger partial charge is 0.507 e. The van der Waals surface area contributed by atoms with Crippen LogP contribution in [0.15, 0.2) is 22.7 Å². The monoisotopic (exact) mass is 272 g/mol. The van der Waals surface area contributed by atoms with Crippen LogP contribution in [0.25, 0.3) is 0 Å². The Morgan fingerprint density at radius 1 is 1.40 bits per heavy atom. The van der Waals surface area contributed by atoms with Gasteiger partial charge < -0.3 is 14.6 Å². The van der Waals surface area contributed by atoms with Crippen LogP contribution in [-0.4, -0.2) is 18.0 Å². The van der Waals surface area contributed by atoms with E-state index in [0.717, 1.165) is 25.9 Å². The first-order valence-electron chi connectivity index (χ1n) is 5.02. The Labute approximate surface area is 97.1 Å². The highest BCUT2D eigenvalue weighted by Gasteiger charge is 2.15. The normalized spacial score (nSPS) is 21.3. The predicted octanol–water partition coefficient (Wildman–Crippen LogP) is 3.06. The van der Waals surface area contributed by atoms with Crippen molar-refractivity contribution in [2.75, 3.05) is 6.61 Å². The van der Waals surface area contributed by atoms with Crippen LogP contribution >= 0.6 is 15.9 Å². The maximum atomic E-state index is 9.32. The minimum atomic E-state index is -0.143. The Bertz CT molecular complexity index is 335. The molecule has 1 N–H and O–H groups in total. The second-order valence-corrected chi connectivity index (χ2v) is 4.38. The molecule has 1 aromatic rings. The van der Waals surface area contributed by atoms with Crippen LogP contribution in [0, 0.1) is 0 Å². The first kappa shape index (κ1) is 10.8. The lowest BCUT2D eigenvalue weighted by Gasteiger charge is -2.23. The van der Waals surface area contributed by atoms with Gasteiger partial charge in [-0.25, -0.2) is 0 Å². The Morgan fingerprint density at radius 3 is 2.93 bits per heavy atom. The molecule has 0 aliphatic carbocycles. The van der Waals surface area contributed by atoms with Crippen molar-refractivity contribution in [2.24, 2.45) is 0 Å². The molecule has 3 nitrogen and oxygen atoms in total. The molecule has 1 heterocycles. The first-order valence-corrected chi connectivity index (χ1v) is 5.82. The molecule has 0 spiro atoms. The molecule has 0 bridgehead atoms. The third kappa shape index (κ3) is 2.86. The van der Waals surface area contributed by atoms with Gasteiger partial charge in [0.2, 0.25) is 0 Å². The molecule has 1 unspecified atom stereocenters. The number of phenolic OH excluding ortho intramolecular Hbond substituents is 1. The van der Waals surface area contributed by atoms with Crippen LogP contribution in [0.5, 0.6) is 11.5 Å². The fraction of sp³-hybridized carbons (Fsp3) is 0.455. The summed E-state index contributed by atoms with van der Waals surface area (Å²) in [4.78, 5) is 0. The number of rotatable bonds is 2. The summed E-state index contributed by atoms with van der Waals surface area (Å²) in [6, 6.07) is 5.08. The van der Waals surface area contributed by atoms with Crippen LogP contribution in [0.1, 0.15) is 19.3 Å². The molecule has 1 aromatic carbocycles. The maximum absolute atomic E-state index is 9.32. The van der Waals surface area contributed by atoms with Crippen molar-refractivity contribution in [1.29, 1.82) is 0 Å². The highest BCUT2D eigenvalue weighted by Crippen LogP contribution is 2.29. The minimum Gasteiger partial charge on any atom is -0.507 e. The first-order chi connectivity index (χ1) is 7.25. The number of phenols is 1.